The van der Waals surface area contributed by atoms with Gasteiger partial charge in [0.1, 0.15) is 5.75 Å². The van der Waals surface area contributed by atoms with Gasteiger partial charge in [0.05, 0.1) is 18.3 Å². The lowest BCUT2D eigenvalue weighted by Gasteiger charge is -2.43. The normalized spacial score (nSPS) is 19.1. The lowest BCUT2D eigenvalue weighted by Crippen LogP contribution is -2.59. The Kier molecular flexibility index (Phi) is 4.74. The number of aromatic nitrogens is 3. The van der Waals surface area contributed by atoms with E-state index in [0.717, 1.165) is 12.8 Å². The van der Waals surface area contributed by atoms with Gasteiger partial charge in [-0.25, -0.2) is 4.68 Å². The third kappa shape index (κ3) is 4.11. The molecule has 28 heavy (non-hydrogen) atoms. The Bertz CT molecular complexity index is 859. The summed E-state index contributed by atoms with van der Waals surface area (Å²) in [5, 5.41) is 10.7. The van der Waals surface area contributed by atoms with Gasteiger partial charge < -0.3 is 10.1 Å². The van der Waals surface area contributed by atoms with Crippen LogP contribution in [-0.2, 0) is 0 Å². The number of benzene rings is 1. The van der Waals surface area contributed by atoms with Crippen molar-refractivity contribution in [2.45, 2.75) is 44.3 Å². The summed E-state index contributed by atoms with van der Waals surface area (Å²) in [6, 6.07) is 6.10. The molecular formula is C18H20F3N5O2. The van der Waals surface area contributed by atoms with E-state index in [9.17, 15) is 18.0 Å². The molecule has 1 N–H and O–H groups in total. The molecule has 1 unspecified atom stereocenters. The molecule has 2 aliphatic rings. The van der Waals surface area contributed by atoms with Crippen molar-refractivity contribution in [2.75, 3.05) is 13.1 Å². The van der Waals surface area contributed by atoms with Crippen LogP contribution in [0.1, 0.15) is 47.9 Å². The van der Waals surface area contributed by atoms with Crippen molar-refractivity contribution >= 4 is 5.91 Å². The quantitative estimate of drug-likeness (QED) is 0.814. The molecule has 2 fully saturated rings. The molecule has 1 saturated heterocycles. The molecule has 2 aromatic rings. The lowest BCUT2D eigenvalue weighted by atomic mass is 9.99. The van der Waals surface area contributed by atoms with Crippen molar-refractivity contribution in [3.63, 3.8) is 0 Å². The zero-order valence-electron chi connectivity index (χ0n) is 15.2. The Balaban J connectivity index is 1.33. The number of hydrogen-bond donors (Lipinski definition) is 1. The van der Waals surface area contributed by atoms with Crippen LogP contribution in [0.25, 0.3) is 0 Å². The molecule has 1 saturated carbocycles. The first-order chi connectivity index (χ1) is 13.3. The number of carbonyl (C=O) groups is 1. The highest BCUT2D eigenvalue weighted by Gasteiger charge is 2.36. The van der Waals surface area contributed by atoms with Crippen molar-refractivity contribution in [3.8, 4) is 5.75 Å². The molecule has 10 heteroatoms. The van der Waals surface area contributed by atoms with E-state index in [-0.39, 0.29) is 29.4 Å². The summed E-state index contributed by atoms with van der Waals surface area (Å²) in [7, 11) is 0. The molecule has 1 aromatic carbocycles. The van der Waals surface area contributed by atoms with Gasteiger partial charge in [0.2, 0.25) is 0 Å². The monoisotopic (exact) mass is 395 g/mol. The van der Waals surface area contributed by atoms with E-state index in [2.05, 4.69) is 20.4 Å². The van der Waals surface area contributed by atoms with Crippen LogP contribution in [0.3, 0.4) is 0 Å². The van der Waals surface area contributed by atoms with E-state index in [1.54, 1.807) is 23.0 Å². The lowest BCUT2D eigenvalue weighted by molar-refractivity contribution is -0.275. The second-order valence-electron chi connectivity index (χ2n) is 7.20. The predicted molar refractivity (Wildman–Crippen MR) is 92.7 cm³/mol. The van der Waals surface area contributed by atoms with Crippen LogP contribution in [0.15, 0.2) is 30.5 Å². The molecule has 1 atom stereocenters. The van der Waals surface area contributed by atoms with Gasteiger partial charge in [-0.2, -0.15) is 0 Å². The van der Waals surface area contributed by atoms with Gasteiger partial charge in [-0.1, -0.05) is 23.4 Å². The zero-order valence-corrected chi connectivity index (χ0v) is 15.2. The first-order valence-corrected chi connectivity index (χ1v) is 9.11. The summed E-state index contributed by atoms with van der Waals surface area (Å²) in [6.45, 7) is 2.88. The minimum Gasteiger partial charge on any atom is -0.405 e. The Hall–Kier alpha value is -2.62. The summed E-state index contributed by atoms with van der Waals surface area (Å²) in [5.41, 5.74) is 0.735. The van der Waals surface area contributed by atoms with E-state index in [1.165, 1.54) is 12.1 Å². The average molecular weight is 395 g/mol. The fourth-order valence-corrected chi connectivity index (χ4v) is 3.32. The van der Waals surface area contributed by atoms with E-state index in [1.807, 2.05) is 11.8 Å². The Morgan fingerprint density at radius 1 is 1.29 bits per heavy atom. The summed E-state index contributed by atoms with van der Waals surface area (Å²) in [5.74, 6) is -0.489. The topological polar surface area (TPSA) is 72.3 Å². The molecule has 0 radical (unpaired) electrons. The molecule has 150 valence electrons. The number of halogens is 3. The Labute approximate surface area is 159 Å². The molecule has 0 bridgehead atoms. The van der Waals surface area contributed by atoms with Crippen molar-refractivity contribution in [3.05, 3.63) is 41.7 Å². The summed E-state index contributed by atoms with van der Waals surface area (Å²) < 4.78 is 43.7. The molecular weight excluding hydrogens is 375 g/mol. The number of nitrogens with zero attached hydrogens (tertiary/aromatic N) is 4. The van der Waals surface area contributed by atoms with Crippen LogP contribution in [0.5, 0.6) is 5.75 Å². The van der Waals surface area contributed by atoms with E-state index in [0.29, 0.717) is 24.7 Å². The van der Waals surface area contributed by atoms with E-state index >= 15 is 0 Å². The summed E-state index contributed by atoms with van der Waals surface area (Å²) in [4.78, 5) is 14.2. The Morgan fingerprint density at radius 2 is 2.00 bits per heavy atom. The number of ether oxygens (including phenoxy) is 1. The molecule has 1 amide bonds. The third-order valence-electron chi connectivity index (χ3n) is 5.05. The van der Waals surface area contributed by atoms with Gasteiger partial charge in [-0.05, 0) is 25.8 Å². The van der Waals surface area contributed by atoms with Crippen molar-refractivity contribution < 1.29 is 22.7 Å². The highest BCUT2D eigenvalue weighted by Crippen LogP contribution is 2.35. The van der Waals surface area contributed by atoms with Gasteiger partial charge in [0, 0.05) is 24.7 Å². The van der Waals surface area contributed by atoms with Gasteiger partial charge in [-0.15, -0.1) is 18.3 Å². The van der Waals surface area contributed by atoms with Crippen molar-refractivity contribution in [2.24, 2.45) is 0 Å². The van der Waals surface area contributed by atoms with E-state index < -0.39 is 6.36 Å². The smallest absolute Gasteiger partial charge is 0.405 e. The Morgan fingerprint density at radius 3 is 2.68 bits per heavy atom. The SMILES string of the molecule is CC(c1ccccc1OC(F)(F)F)N1CC(NC(=O)c2cn(C3CC3)nn2)C1. The van der Waals surface area contributed by atoms with Gasteiger partial charge >= 0.3 is 6.36 Å². The molecule has 1 aliphatic heterocycles. The number of amides is 1. The van der Waals surface area contributed by atoms with Crippen LogP contribution in [0.2, 0.25) is 0 Å². The maximum atomic E-state index is 12.6. The molecule has 2 heterocycles. The van der Waals surface area contributed by atoms with Crippen LogP contribution in [0.4, 0.5) is 13.2 Å². The van der Waals surface area contributed by atoms with Crippen molar-refractivity contribution in [1.82, 2.24) is 25.2 Å². The van der Waals surface area contributed by atoms with Gasteiger partial charge in [-0.3, -0.25) is 9.69 Å². The number of rotatable bonds is 6. The number of likely N-dealkylation sites (tertiary alicyclic amines) is 1. The molecule has 1 aromatic heterocycles. The molecule has 1 aliphatic carbocycles. The molecule has 0 spiro atoms. The maximum absolute atomic E-state index is 12.6. The number of nitrogens with one attached hydrogen (secondary N) is 1. The number of hydrogen-bond acceptors (Lipinski definition) is 5. The fraction of sp³-hybridized carbons (Fsp3) is 0.500. The van der Waals surface area contributed by atoms with E-state index in [4.69, 9.17) is 0 Å². The second-order valence-corrected chi connectivity index (χ2v) is 7.20. The fourth-order valence-electron chi connectivity index (χ4n) is 3.32. The van der Waals surface area contributed by atoms with Crippen LogP contribution >= 0.6 is 0 Å². The average Bonchev–Trinajstić information content (AvgIpc) is 3.33. The van der Waals surface area contributed by atoms with Gasteiger partial charge in [0.15, 0.2) is 5.69 Å². The van der Waals surface area contributed by atoms with Crippen LogP contribution < -0.4 is 10.1 Å². The number of carbonyl (C=O) groups excluding carboxylic acids is 1. The predicted octanol–water partition coefficient (Wildman–Crippen LogP) is 2.69. The zero-order chi connectivity index (χ0) is 19.9. The maximum Gasteiger partial charge on any atom is 0.573 e. The molecule has 4 rings (SSSR count). The number of alkyl halides is 3. The summed E-state index contributed by atoms with van der Waals surface area (Å²) >= 11 is 0. The minimum absolute atomic E-state index is 0.0864. The van der Waals surface area contributed by atoms with Crippen LogP contribution in [-0.4, -0.2) is 51.3 Å². The summed E-state index contributed by atoms with van der Waals surface area (Å²) in [6.07, 6.45) is -0.977. The number of para-hydroxylation sites is 1. The molecule has 7 nitrogen and oxygen atoms in total. The highest BCUT2D eigenvalue weighted by molar-refractivity contribution is 5.92. The highest BCUT2D eigenvalue weighted by atomic mass is 19.4. The largest absolute Gasteiger partial charge is 0.573 e. The second kappa shape index (κ2) is 7.08. The van der Waals surface area contributed by atoms with Crippen molar-refractivity contribution in [1.29, 1.82) is 0 Å². The third-order valence-corrected chi connectivity index (χ3v) is 5.05. The minimum atomic E-state index is -4.74. The van der Waals surface area contributed by atoms with Crippen LogP contribution in [0, 0.1) is 0 Å². The van der Waals surface area contributed by atoms with Gasteiger partial charge in [0.25, 0.3) is 5.91 Å². The first-order valence-electron chi connectivity index (χ1n) is 9.11. The standard InChI is InChI=1S/C18H20F3N5O2/c1-11(14-4-2-3-5-16(14)28-18(19,20)21)25-8-12(9-25)22-17(27)15-10-26(24-23-15)13-6-7-13/h2-5,10-13H,6-9H2,1H3,(H,22,27). The first kappa shape index (κ1) is 18.7.